The van der Waals surface area contributed by atoms with Crippen LogP contribution < -0.4 is 0 Å². The summed E-state index contributed by atoms with van der Waals surface area (Å²) in [6.45, 7) is 2.66. The van der Waals surface area contributed by atoms with E-state index in [9.17, 15) is 13.2 Å². The topological polar surface area (TPSA) is 9.23 Å². The zero-order valence-electron chi connectivity index (χ0n) is 7.68. The van der Waals surface area contributed by atoms with Crippen molar-refractivity contribution < 1.29 is 17.6 Å². The highest BCUT2D eigenvalue weighted by Gasteiger charge is 2.27. The van der Waals surface area contributed by atoms with Gasteiger partial charge in [-0.2, -0.15) is 0 Å². The standard InChI is InChI=1S/C8H15F3OSi/c1-13-5-6(2-3-12-13)4-7(9)8(10)11/h6-8,13H,2-5H2,1H3. The van der Waals surface area contributed by atoms with Gasteiger partial charge in [-0.15, -0.1) is 0 Å². The largest absolute Gasteiger partial charge is 0.420 e. The Hall–Kier alpha value is -0.0331. The Labute approximate surface area is 78.0 Å². The van der Waals surface area contributed by atoms with Crippen molar-refractivity contribution in [2.75, 3.05) is 6.61 Å². The van der Waals surface area contributed by atoms with Gasteiger partial charge in [-0.05, 0) is 31.4 Å². The van der Waals surface area contributed by atoms with E-state index in [1.54, 1.807) is 0 Å². The quantitative estimate of drug-likeness (QED) is 0.653. The monoisotopic (exact) mass is 212 g/mol. The van der Waals surface area contributed by atoms with Crippen LogP contribution in [0.15, 0.2) is 0 Å². The lowest BCUT2D eigenvalue weighted by Crippen LogP contribution is -2.29. The molecular formula is C8H15F3OSi. The molecule has 1 aliphatic rings. The molecule has 1 heterocycles. The van der Waals surface area contributed by atoms with Crippen LogP contribution in [0.4, 0.5) is 13.2 Å². The summed E-state index contributed by atoms with van der Waals surface area (Å²) in [5.74, 6) is 0.124. The molecule has 0 aromatic heterocycles. The van der Waals surface area contributed by atoms with Crippen molar-refractivity contribution in [2.45, 2.75) is 38.0 Å². The van der Waals surface area contributed by atoms with Crippen molar-refractivity contribution in [1.29, 1.82) is 0 Å². The van der Waals surface area contributed by atoms with E-state index in [0.29, 0.717) is 6.61 Å². The van der Waals surface area contributed by atoms with Crippen molar-refractivity contribution in [3.63, 3.8) is 0 Å². The van der Waals surface area contributed by atoms with Crippen molar-refractivity contribution in [3.8, 4) is 0 Å². The van der Waals surface area contributed by atoms with E-state index in [2.05, 4.69) is 0 Å². The molecule has 3 unspecified atom stereocenters. The first-order valence-corrected chi connectivity index (χ1v) is 7.07. The van der Waals surface area contributed by atoms with Crippen LogP contribution in [0, 0.1) is 5.92 Å². The van der Waals surface area contributed by atoms with Gasteiger partial charge < -0.3 is 4.43 Å². The number of hydrogen-bond donors (Lipinski definition) is 0. The summed E-state index contributed by atoms with van der Waals surface area (Å²) in [5, 5.41) is 0. The average molecular weight is 212 g/mol. The molecule has 0 aliphatic carbocycles. The summed E-state index contributed by atoms with van der Waals surface area (Å²) >= 11 is 0. The van der Waals surface area contributed by atoms with Crippen LogP contribution in [0.25, 0.3) is 0 Å². The molecule has 0 aromatic rings. The van der Waals surface area contributed by atoms with Crippen LogP contribution >= 0.6 is 0 Å². The van der Waals surface area contributed by atoms with Gasteiger partial charge in [-0.25, -0.2) is 13.2 Å². The molecule has 1 rings (SSSR count). The maximum atomic E-state index is 12.7. The number of hydrogen-bond acceptors (Lipinski definition) is 1. The lowest BCUT2D eigenvalue weighted by Gasteiger charge is -2.27. The SMILES string of the molecule is C[SiH]1CC(CC(F)C(F)F)CCO1. The molecule has 0 amide bonds. The van der Waals surface area contributed by atoms with Crippen LogP contribution in [0.3, 0.4) is 0 Å². The summed E-state index contributed by atoms with van der Waals surface area (Å²) in [6, 6.07) is 0.840. The second-order valence-corrected chi connectivity index (χ2v) is 6.08. The molecular weight excluding hydrogens is 197 g/mol. The molecule has 0 bridgehead atoms. The summed E-state index contributed by atoms with van der Waals surface area (Å²) in [4.78, 5) is 0. The highest BCUT2D eigenvalue weighted by atomic mass is 28.3. The smallest absolute Gasteiger partial charge is 0.269 e. The number of halogens is 3. The van der Waals surface area contributed by atoms with Crippen LogP contribution in [0.1, 0.15) is 12.8 Å². The first-order chi connectivity index (χ1) is 6.09. The van der Waals surface area contributed by atoms with E-state index >= 15 is 0 Å². The molecule has 0 spiro atoms. The Morgan fingerprint density at radius 3 is 2.69 bits per heavy atom. The van der Waals surface area contributed by atoms with Crippen LogP contribution in [0.5, 0.6) is 0 Å². The Morgan fingerprint density at radius 2 is 2.15 bits per heavy atom. The normalized spacial score (nSPS) is 32.1. The lowest BCUT2D eigenvalue weighted by molar-refractivity contribution is 0.0337. The highest BCUT2D eigenvalue weighted by molar-refractivity contribution is 6.50. The Bertz CT molecular complexity index is 156. The summed E-state index contributed by atoms with van der Waals surface area (Å²) in [7, 11) is -1.15. The predicted molar refractivity (Wildman–Crippen MR) is 47.4 cm³/mol. The molecule has 0 aromatic carbocycles. The van der Waals surface area contributed by atoms with Gasteiger partial charge in [0.25, 0.3) is 6.43 Å². The van der Waals surface area contributed by atoms with Gasteiger partial charge in [0.2, 0.25) is 0 Å². The van der Waals surface area contributed by atoms with E-state index < -0.39 is 21.6 Å². The molecule has 5 heteroatoms. The predicted octanol–water partition coefficient (Wildman–Crippen LogP) is 2.37. The summed E-state index contributed by atoms with van der Waals surface area (Å²) < 4.78 is 41.8. The van der Waals surface area contributed by atoms with Gasteiger partial charge in [0.1, 0.15) is 0 Å². The van der Waals surface area contributed by atoms with Gasteiger partial charge in [-0.3, -0.25) is 0 Å². The molecule has 13 heavy (non-hydrogen) atoms. The molecule has 1 fully saturated rings. The van der Waals surface area contributed by atoms with Crippen LogP contribution in [-0.4, -0.2) is 28.2 Å². The minimum Gasteiger partial charge on any atom is -0.420 e. The van der Waals surface area contributed by atoms with E-state index in [4.69, 9.17) is 4.43 Å². The number of rotatable bonds is 3. The molecule has 0 radical (unpaired) electrons. The first-order valence-electron chi connectivity index (χ1n) is 4.63. The average Bonchev–Trinajstić information content (AvgIpc) is 2.04. The molecule has 0 N–H and O–H groups in total. The Kier molecular flexibility index (Phi) is 4.25. The second kappa shape index (κ2) is 5.00. The van der Waals surface area contributed by atoms with Gasteiger partial charge in [0, 0.05) is 6.61 Å². The molecule has 1 saturated heterocycles. The second-order valence-electron chi connectivity index (χ2n) is 3.66. The minimum absolute atomic E-state index is 0.0123. The fraction of sp³-hybridized carbons (Fsp3) is 1.00. The maximum absolute atomic E-state index is 12.7. The Balaban J connectivity index is 2.27. The number of alkyl halides is 3. The van der Waals surface area contributed by atoms with E-state index in [1.807, 2.05) is 6.55 Å². The van der Waals surface area contributed by atoms with Gasteiger partial charge in [0.05, 0.1) is 0 Å². The van der Waals surface area contributed by atoms with E-state index in [-0.39, 0.29) is 12.3 Å². The fourth-order valence-electron chi connectivity index (χ4n) is 1.73. The Morgan fingerprint density at radius 1 is 1.46 bits per heavy atom. The fourth-order valence-corrected chi connectivity index (χ4v) is 3.77. The highest BCUT2D eigenvalue weighted by Crippen LogP contribution is 2.26. The summed E-state index contributed by atoms with van der Waals surface area (Å²) in [6.07, 6.45) is -4.01. The third-order valence-corrected chi connectivity index (χ3v) is 4.56. The summed E-state index contributed by atoms with van der Waals surface area (Å²) in [5.41, 5.74) is 0. The molecule has 3 atom stereocenters. The molecule has 1 aliphatic heterocycles. The lowest BCUT2D eigenvalue weighted by atomic mass is 10.0. The molecule has 1 nitrogen and oxygen atoms in total. The molecule has 0 saturated carbocycles. The zero-order valence-corrected chi connectivity index (χ0v) is 8.83. The van der Waals surface area contributed by atoms with Crippen molar-refractivity contribution in [2.24, 2.45) is 5.92 Å². The van der Waals surface area contributed by atoms with Crippen molar-refractivity contribution >= 4 is 9.04 Å². The van der Waals surface area contributed by atoms with Gasteiger partial charge in [0.15, 0.2) is 15.2 Å². The van der Waals surface area contributed by atoms with Gasteiger partial charge >= 0.3 is 0 Å². The third-order valence-electron chi connectivity index (χ3n) is 2.43. The third kappa shape index (κ3) is 3.68. The first kappa shape index (κ1) is 11.0. The van der Waals surface area contributed by atoms with E-state index in [0.717, 1.165) is 12.5 Å². The maximum Gasteiger partial charge on any atom is 0.269 e. The van der Waals surface area contributed by atoms with Crippen molar-refractivity contribution in [3.05, 3.63) is 0 Å². The van der Waals surface area contributed by atoms with Crippen LogP contribution in [0.2, 0.25) is 12.6 Å². The van der Waals surface area contributed by atoms with Crippen molar-refractivity contribution in [1.82, 2.24) is 0 Å². The molecule has 78 valence electrons. The van der Waals surface area contributed by atoms with E-state index in [1.165, 1.54) is 0 Å². The minimum atomic E-state index is -2.82. The zero-order chi connectivity index (χ0) is 9.84. The van der Waals surface area contributed by atoms with Gasteiger partial charge in [-0.1, -0.05) is 0 Å². The van der Waals surface area contributed by atoms with Crippen LogP contribution in [-0.2, 0) is 4.43 Å².